The van der Waals surface area contributed by atoms with Gasteiger partial charge < -0.3 is 10.6 Å². The molecule has 1 fully saturated rings. The number of hydrogen-bond donors (Lipinski definition) is 3. The van der Waals surface area contributed by atoms with Crippen molar-refractivity contribution >= 4 is 27.7 Å². The average molecular weight is 439 g/mol. The predicted molar refractivity (Wildman–Crippen MR) is 118 cm³/mol. The van der Waals surface area contributed by atoms with E-state index >= 15 is 0 Å². The zero-order valence-electron chi connectivity index (χ0n) is 18.7. The van der Waals surface area contributed by atoms with Gasteiger partial charge in [0.25, 0.3) is 5.91 Å². The van der Waals surface area contributed by atoms with E-state index in [4.69, 9.17) is 0 Å². The molecule has 1 aliphatic rings. The number of hydrogen-bond acceptors (Lipinski definition) is 5. The van der Waals surface area contributed by atoms with E-state index in [2.05, 4.69) is 20.3 Å². The zero-order chi connectivity index (χ0) is 22.6. The Hall–Kier alpha value is -2.00. The van der Waals surface area contributed by atoms with Crippen LogP contribution in [0, 0.1) is 19.8 Å². The molecule has 0 aliphatic heterocycles. The molecule has 0 aromatic carbocycles. The smallest absolute Gasteiger partial charge is 0.251 e. The summed E-state index contributed by atoms with van der Waals surface area (Å²) in [5.41, 5.74) is 1.78. The number of rotatable bonds is 7. The highest BCUT2D eigenvalue weighted by molar-refractivity contribution is 7.90. The lowest BCUT2D eigenvalue weighted by Crippen LogP contribution is -2.42. The third kappa shape index (κ3) is 6.25. The van der Waals surface area contributed by atoms with Gasteiger partial charge in [0.2, 0.25) is 15.9 Å². The van der Waals surface area contributed by atoms with Gasteiger partial charge in [0, 0.05) is 34.8 Å². The van der Waals surface area contributed by atoms with Gasteiger partial charge in [-0.15, -0.1) is 0 Å². The summed E-state index contributed by atoms with van der Waals surface area (Å²) in [4.78, 5) is 29.7. The number of aromatic nitrogens is 1. The van der Waals surface area contributed by atoms with Crippen molar-refractivity contribution in [3.63, 3.8) is 0 Å². The normalized spacial score (nSPS) is 19.7. The Morgan fingerprint density at radius 1 is 1.07 bits per heavy atom. The van der Waals surface area contributed by atoms with Gasteiger partial charge in [0.1, 0.15) is 5.82 Å². The monoisotopic (exact) mass is 438 g/mol. The van der Waals surface area contributed by atoms with Crippen LogP contribution in [0.25, 0.3) is 0 Å². The van der Waals surface area contributed by atoms with Crippen molar-refractivity contribution in [2.75, 3.05) is 5.32 Å². The van der Waals surface area contributed by atoms with Crippen molar-refractivity contribution < 1.29 is 18.0 Å². The van der Waals surface area contributed by atoms with Crippen LogP contribution in [0.15, 0.2) is 6.07 Å². The molecule has 8 nitrogen and oxygen atoms in total. The van der Waals surface area contributed by atoms with E-state index in [1.165, 1.54) is 0 Å². The van der Waals surface area contributed by atoms with Crippen molar-refractivity contribution in [3.8, 4) is 0 Å². The Morgan fingerprint density at radius 2 is 1.67 bits per heavy atom. The molecule has 168 valence electrons. The van der Waals surface area contributed by atoms with Crippen LogP contribution in [0.3, 0.4) is 0 Å². The first-order chi connectivity index (χ1) is 13.9. The topological polar surface area (TPSA) is 117 Å². The largest absolute Gasteiger partial charge is 0.350 e. The Morgan fingerprint density at radius 3 is 2.20 bits per heavy atom. The van der Waals surface area contributed by atoms with Crippen molar-refractivity contribution in [2.45, 2.75) is 84.6 Å². The van der Waals surface area contributed by atoms with Crippen molar-refractivity contribution in [1.29, 1.82) is 0 Å². The molecule has 0 spiro atoms. The first-order valence-electron chi connectivity index (χ1n) is 10.5. The first kappa shape index (κ1) is 24.3. The van der Waals surface area contributed by atoms with Crippen LogP contribution in [0.1, 0.15) is 75.0 Å². The molecule has 1 aromatic heterocycles. The number of carbonyl (C=O) groups is 2. The van der Waals surface area contributed by atoms with E-state index < -0.39 is 15.3 Å². The van der Waals surface area contributed by atoms with E-state index in [9.17, 15) is 18.0 Å². The van der Waals surface area contributed by atoms with Gasteiger partial charge in [-0.1, -0.05) is 0 Å². The minimum absolute atomic E-state index is 0.00622. The summed E-state index contributed by atoms with van der Waals surface area (Å²) in [5, 5.41) is 5.27. The Kier molecular flexibility index (Phi) is 7.99. The zero-order valence-corrected chi connectivity index (χ0v) is 19.5. The fourth-order valence-electron chi connectivity index (χ4n) is 3.50. The maximum atomic E-state index is 12.8. The SMILES string of the molecule is Cc1cc(C(=O)NC(C)C)c(C)c(NC(=O)[C@H]2CC[C@H](NS(=O)(=O)C(C)C)CC2)n1. The van der Waals surface area contributed by atoms with Gasteiger partial charge in [0.15, 0.2) is 0 Å². The molecule has 1 saturated carbocycles. The predicted octanol–water partition coefficient (Wildman–Crippen LogP) is 2.66. The molecule has 3 N–H and O–H groups in total. The van der Waals surface area contributed by atoms with Crippen LogP contribution in [0.5, 0.6) is 0 Å². The minimum atomic E-state index is -3.31. The first-order valence-corrected chi connectivity index (χ1v) is 12.1. The number of nitrogens with one attached hydrogen (secondary N) is 3. The number of aryl methyl sites for hydroxylation is 1. The van der Waals surface area contributed by atoms with Gasteiger partial charge >= 0.3 is 0 Å². The summed E-state index contributed by atoms with van der Waals surface area (Å²) in [5.74, 6) is -0.144. The second-order valence-corrected chi connectivity index (χ2v) is 10.9. The molecule has 2 amide bonds. The fraction of sp³-hybridized carbons (Fsp3) is 0.667. The van der Waals surface area contributed by atoms with E-state index in [-0.39, 0.29) is 29.8 Å². The Bertz CT molecular complexity index is 889. The number of sulfonamides is 1. The quantitative estimate of drug-likeness (QED) is 0.605. The molecule has 2 rings (SSSR count). The Balaban J connectivity index is 2.04. The highest BCUT2D eigenvalue weighted by Gasteiger charge is 2.30. The molecule has 0 atom stereocenters. The van der Waals surface area contributed by atoms with Crippen LogP contribution in [0.4, 0.5) is 5.82 Å². The van der Waals surface area contributed by atoms with Crippen molar-refractivity contribution in [2.24, 2.45) is 5.92 Å². The maximum Gasteiger partial charge on any atom is 0.251 e. The van der Waals surface area contributed by atoms with E-state index in [1.807, 2.05) is 13.8 Å². The minimum Gasteiger partial charge on any atom is -0.350 e. The lowest BCUT2D eigenvalue weighted by molar-refractivity contribution is -0.120. The second kappa shape index (κ2) is 9.87. The average Bonchev–Trinajstić information content (AvgIpc) is 2.63. The molecule has 0 unspecified atom stereocenters. The Labute approximate surface area is 179 Å². The molecule has 0 radical (unpaired) electrons. The summed E-state index contributed by atoms with van der Waals surface area (Å²) in [7, 11) is -3.31. The van der Waals surface area contributed by atoms with Crippen molar-refractivity contribution in [3.05, 3.63) is 22.9 Å². The second-order valence-electron chi connectivity index (χ2n) is 8.66. The maximum absolute atomic E-state index is 12.8. The van der Waals surface area contributed by atoms with Crippen LogP contribution in [-0.2, 0) is 14.8 Å². The molecule has 1 aliphatic carbocycles. The number of anilines is 1. The van der Waals surface area contributed by atoms with Gasteiger partial charge in [-0.25, -0.2) is 18.1 Å². The standard InChI is InChI=1S/C21H34N4O4S/c1-12(2)22-21(27)18-11-14(5)23-19(15(18)6)24-20(26)16-7-9-17(10-8-16)25-30(28,29)13(3)4/h11-13,16-17,25H,7-10H2,1-6H3,(H,22,27)(H,23,24,26)/t16-,17-. The fourth-order valence-corrected chi connectivity index (χ4v) is 4.47. The third-order valence-electron chi connectivity index (χ3n) is 5.36. The molecule has 0 saturated heterocycles. The van der Waals surface area contributed by atoms with Gasteiger partial charge in [-0.2, -0.15) is 0 Å². The van der Waals surface area contributed by atoms with Crippen LogP contribution >= 0.6 is 0 Å². The van der Waals surface area contributed by atoms with Gasteiger partial charge in [0.05, 0.1) is 5.25 Å². The van der Waals surface area contributed by atoms with E-state index in [0.717, 1.165) is 0 Å². The molecule has 9 heteroatoms. The third-order valence-corrected chi connectivity index (χ3v) is 7.26. The summed E-state index contributed by atoms with van der Waals surface area (Å²) in [6, 6.07) is 1.59. The molecular formula is C21H34N4O4S. The number of pyridine rings is 1. The van der Waals surface area contributed by atoms with Crippen molar-refractivity contribution in [1.82, 2.24) is 15.0 Å². The number of carbonyl (C=O) groups excluding carboxylic acids is 2. The summed E-state index contributed by atoms with van der Waals surface area (Å²) in [6.07, 6.45) is 2.43. The van der Waals surface area contributed by atoms with Crippen LogP contribution in [0.2, 0.25) is 0 Å². The summed E-state index contributed by atoms with van der Waals surface area (Å²) in [6.45, 7) is 10.6. The molecule has 30 heavy (non-hydrogen) atoms. The highest BCUT2D eigenvalue weighted by atomic mass is 32.2. The molecular weight excluding hydrogens is 404 g/mol. The van der Waals surface area contributed by atoms with E-state index in [0.29, 0.717) is 48.3 Å². The number of amides is 2. The molecule has 0 bridgehead atoms. The van der Waals surface area contributed by atoms with Gasteiger partial charge in [-0.3, -0.25) is 9.59 Å². The molecule has 1 aromatic rings. The van der Waals surface area contributed by atoms with Crippen LogP contribution in [-0.4, -0.2) is 42.5 Å². The highest BCUT2D eigenvalue weighted by Crippen LogP contribution is 2.27. The molecule has 1 heterocycles. The van der Waals surface area contributed by atoms with E-state index in [1.54, 1.807) is 33.8 Å². The lowest BCUT2D eigenvalue weighted by atomic mass is 9.86. The summed E-state index contributed by atoms with van der Waals surface area (Å²) >= 11 is 0. The number of nitrogens with zero attached hydrogens (tertiary/aromatic N) is 1. The van der Waals surface area contributed by atoms with Gasteiger partial charge in [-0.05, 0) is 73.3 Å². The van der Waals surface area contributed by atoms with Crippen LogP contribution < -0.4 is 15.4 Å². The lowest BCUT2D eigenvalue weighted by Gasteiger charge is -2.29. The summed E-state index contributed by atoms with van der Waals surface area (Å²) < 4.78 is 26.8.